The van der Waals surface area contributed by atoms with E-state index in [0.29, 0.717) is 28.0 Å². The van der Waals surface area contributed by atoms with Gasteiger partial charge in [0.1, 0.15) is 11.5 Å². The Morgan fingerprint density at radius 3 is 2.39 bits per heavy atom. The van der Waals surface area contributed by atoms with Crippen LogP contribution in [-0.2, 0) is 20.9 Å². The summed E-state index contributed by atoms with van der Waals surface area (Å²) in [5, 5.41) is 11.4. The Bertz CT molecular complexity index is 1380. The molecule has 1 amide bonds. The van der Waals surface area contributed by atoms with Crippen LogP contribution in [0.2, 0.25) is 0 Å². The van der Waals surface area contributed by atoms with Gasteiger partial charge in [0.25, 0.3) is 11.7 Å². The van der Waals surface area contributed by atoms with E-state index in [0.717, 1.165) is 5.56 Å². The highest BCUT2D eigenvalue weighted by atomic mass is 16.5. The molecule has 1 atom stereocenters. The number of carbonyl (C=O) groups is 3. The van der Waals surface area contributed by atoms with Crippen LogP contribution in [0.1, 0.15) is 65.3 Å². The number of Topliss-reactive ketones (excluding diaryl/α,β-unsaturated/α-hetero) is 1. The van der Waals surface area contributed by atoms with Crippen molar-refractivity contribution in [2.75, 3.05) is 13.7 Å². The third-order valence-corrected chi connectivity index (χ3v) is 6.48. The van der Waals surface area contributed by atoms with Gasteiger partial charge in [-0.15, -0.1) is 0 Å². The molecule has 1 unspecified atom stereocenters. The fraction of sp³-hybridized carbons (Fsp3) is 0.267. The number of pyridine rings is 1. The third-order valence-electron chi connectivity index (χ3n) is 6.48. The first-order valence-electron chi connectivity index (χ1n) is 12.4. The van der Waals surface area contributed by atoms with E-state index in [1.807, 2.05) is 13.8 Å². The Hall–Kier alpha value is -4.46. The molecule has 1 aliphatic rings. The molecule has 0 radical (unpaired) electrons. The average Bonchev–Trinajstić information content (AvgIpc) is 3.18. The fourth-order valence-electron chi connectivity index (χ4n) is 4.57. The van der Waals surface area contributed by atoms with Gasteiger partial charge in [-0.2, -0.15) is 0 Å². The molecule has 2 heterocycles. The molecule has 38 heavy (non-hydrogen) atoms. The van der Waals surface area contributed by atoms with Crippen LogP contribution in [0.15, 0.2) is 72.6 Å². The van der Waals surface area contributed by atoms with E-state index in [1.165, 1.54) is 4.90 Å². The molecular weight excluding hydrogens is 484 g/mol. The SMILES string of the molecule is CCOC(=O)c1ccc(CN2C(=O)C(=O)/C(=C(\O)c3ccc(OC)c(C(C)C)c3)C2c2cccnc2)cc1. The van der Waals surface area contributed by atoms with Crippen LogP contribution in [-0.4, -0.2) is 46.4 Å². The molecule has 1 fully saturated rings. The second-order valence-corrected chi connectivity index (χ2v) is 9.24. The van der Waals surface area contributed by atoms with Crippen LogP contribution >= 0.6 is 0 Å². The Morgan fingerprint density at radius 1 is 1.08 bits per heavy atom. The van der Waals surface area contributed by atoms with E-state index >= 15 is 0 Å². The number of ketones is 1. The number of aliphatic hydroxyl groups excluding tert-OH is 1. The first kappa shape index (κ1) is 26.6. The van der Waals surface area contributed by atoms with E-state index in [2.05, 4.69) is 4.98 Å². The zero-order chi connectivity index (χ0) is 27.4. The molecule has 1 aromatic heterocycles. The smallest absolute Gasteiger partial charge is 0.338 e. The first-order valence-corrected chi connectivity index (χ1v) is 12.4. The Morgan fingerprint density at radius 2 is 1.79 bits per heavy atom. The minimum Gasteiger partial charge on any atom is -0.507 e. The summed E-state index contributed by atoms with van der Waals surface area (Å²) in [5.41, 5.74) is 2.97. The third kappa shape index (κ3) is 5.16. The summed E-state index contributed by atoms with van der Waals surface area (Å²) in [6.45, 7) is 6.09. The van der Waals surface area contributed by atoms with Crippen LogP contribution in [0, 0.1) is 0 Å². The maximum Gasteiger partial charge on any atom is 0.338 e. The van der Waals surface area contributed by atoms with Crippen LogP contribution in [0.4, 0.5) is 0 Å². The van der Waals surface area contributed by atoms with Crippen molar-refractivity contribution in [3.05, 3.63) is 100 Å². The normalized spacial score (nSPS) is 16.7. The molecule has 196 valence electrons. The van der Waals surface area contributed by atoms with Crippen molar-refractivity contribution in [1.29, 1.82) is 0 Å². The number of benzene rings is 2. The lowest BCUT2D eigenvalue weighted by Gasteiger charge is -2.25. The van der Waals surface area contributed by atoms with Crippen LogP contribution in [0.5, 0.6) is 5.75 Å². The number of hydrogen-bond acceptors (Lipinski definition) is 7. The van der Waals surface area contributed by atoms with Gasteiger partial charge in [-0.3, -0.25) is 14.6 Å². The molecule has 1 saturated heterocycles. The topological polar surface area (TPSA) is 106 Å². The second-order valence-electron chi connectivity index (χ2n) is 9.24. The summed E-state index contributed by atoms with van der Waals surface area (Å²) < 4.78 is 10.5. The van der Waals surface area contributed by atoms with Crippen molar-refractivity contribution in [2.45, 2.75) is 39.3 Å². The Labute approximate surface area is 221 Å². The number of carbonyl (C=O) groups excluding carboxylic acids is 3. The number of rotatable bonds is 8. The number of aliphatic hydroxyl groups is 1. The number of methoxy groups -OCH3 is 1. The first-order chi connectivity index (χ1) is 18.3. The lowest BCUT2D eigenvalue weighted by molar-refractivity contribution is -0.140. The lowest BCUT2D eigenvalue weighted by Crippen LogP contribution is -2.29. The molecule has 0 aliphatic carbocycles. The summed E-state index contributed by atoms with van der Waals surface area (Å²) >= 11 is 0. The van der Waals surface area contributed by atoms with E-state index in [4.69, 9.17) is 9.47 Å². The summed E-state index contributed by atoms with van der Waals surface area (Å²) in [6.07, 6.45) is 3.18. The highest BCUT2D eigenvalue weighted by molar-refractivity contribution is 6.46. The zero-order valence-corrected chi connectivity index (χ0v) is 21.8. The van der Waals surface area contributed by atoms with Crippen molar-refractivity contribution >= 4 is 23.4 Å². The molecule has 2 aromatic carbocycles. The summed E-state index contributed by atoms with van der Waals surface area (Å²) in [7, 11) is 1.58. The highest BCUT2D eigenvalue weighted by Gasteiger charge is 2.46. The molecule has 4 rings (SSSR count). The van der Waals surface area contributed by atoms with Crippen LogP contribution < -0.4 is 4.74 Å². The van der Waals surface area contributed by atoms with Gasteiger partial charge >= 0.3 is 5.97 Å². The number of esters is 1. The van der Waals surface area contributed by atoms with Crippen molar-refractivity contribution in [2.24, 2.45) is 0 Å². The second kappa shape index (κ2) is 11.3. The minimum atomic E-state index is -0.849. The van der Waals surface area contributed by atoms with Crippen molar-refractivity contribution in [1.82, 2.24) is 9.88 Å². The highest BCUT2D eigenvalue weighted by Crippen LogP contribution is 2.41. The molecule has 1 aliphatic heterocycles. The number of hydrogen-bond donors (Lipinski definition) is 1. The maximum absolute atomic E-state index is 13.3. The van der Waals surface area contributed by atoms with E-state index in [1.54, 1.807) is 81.0 Å². The predicted octanol–water partition coefficient (Wildman–Crippen LogP) is 5.01. The number of amides is 1. The summed E-state index contributed by atoms with van der Waals surface area (Å²) in [4.78, 5) is 44.2. The van der Waals surface area contributed by atoms with Gasteiger partial charge in [-0.05, 0) is 65.9 Å². The molecule has 8 heteroatoms. The number of ether oxygens (including phenoxy) is 2. The maximum atomic E-state index is 13.3. The van der Waals surface area contributed by atoms with E-state index < -0.39 is 23.7 Å². The van der Waals surface area contributed by atoms with Crippen molar-refractivity contribution in [3.8, 4) is 5.75 Å². The van der Waals surface area contributed by atoms with Gasteiger partial charge < -0.3 is 19.5 Å². The average molecular weight is 515 g/mol. The fourth-order valence-corrected chi connectivity index (χ4v) is 4.57. The molecule has 8 nitrogen and oxygen atoms in total. The van der Waals surface area contributed by atoms with Crippen molar-refractivity contribution < 1.29 is 29.0 Å². The number of nitrogens with zero attached hydrogens (tertiary/aromatic N) is 2. The Balaban J connectivity index is 1.78. The minimum absolute atomic E-state index is 0.00832. The van der Waals surface area contributed by atoms with Crippen molar-refractivity contribution in [3.63, 3.8) is 0 Å². The number of likely N-dealkylation sites (tertiary alicyclic amines) is 1. The number of aromatic nitrogens is 1. The van der Waals surface area contributed by atoms with Gasteiger partial charge in [-0.25, -0.2) is 4.79 Å². The molecular formula is C30H30N2O6. The monoisotopic (exact) mass is 514 g/mol. The standard InChI is InChI=1S/C30H30N2O6/c1-5-38-30(36)20-10-8-19(9-11-20)17-32-26(22-7-6-14-31-16-22)25(28(34)29(32)35)27(33)21-12-13-24(37-4)23(15-21)18(2)3/h6-16,18,26,33H,5,17H2,1-4H3/b27-25-. The lowest BCUT2D eigenvalue weighted by atomic mass is 9.93. The largest absolute Gasteiger partial charge is 0.507 e. The Kier molecular flexibility index (Phi) is 7.90. The summed E-state index contributed by atoms with van der Waals surface area (Å²) in [6, 6.07) is 14.5. The zero-order valence-electron chi connectivity index (χ0n) is 21.8. The predicted molar refractivity (Wildman–Crippen MR) is 142 cm³/mol. The van der Waals surface area contributed by atoms with E-state index in [9.17, 15) is 19.5 Å². The quantitative estimate of drug-likeness (QED) is 0.195. The molecule has 0 bridgehead atoms. The molecule has 0 spiro atoms. The van der Waals surface area contributed by atoms with Gasteiger partial charge in [0.2, 0.25) is 0 Å². The van der Waals surface area contributed by atoms with Gasteiger partial charge in [0, 0.05) is 24.5 Å². The molecule has 3 aromatic rings. The summed E-state index contributed by atoms with van der Waals surface area (Å²) in [5.74, 6) is -1.43. The van der Waals surface area contributed by atoms with Crippen LogP contribution in [0.25, 0.3) is 5.76 Å². The van der Waals surface area contributed by atoms with Gasteiger partial charge in [0.15, 0.2) is 0 Å². The van der Waals surface area contributed by atoms with E-state index in [-0.39, 0.29) is 30.4 Å². The van der Waals surface area contributed by atoms with Gasteiger partial charge in [-0.1, -0.05) is 32.0 Å². The molecule has 1 N–H and O–H groups in total. The van der Waals surface area contributed by atoms with Crippen LogP contribution in [0.3, 0.4) is 0 Å². The molecule has 0 saturated carbocycles. The van der Waals surface area contributed by atoms with Gasteiger partial charge in [0.05, 0.1) is 30.9 Å².